The highest BCUT2D eigenvalue weighted by Crippen LogP contribution is 2.10. The van der Waals surface area contributed by atoms with Gasteiger partial charge in [-0.1, -0.05) is 43.3 Å². The third kappa shape index (κ3) is 2.17. The van der Waals surface area contributed by atoms with Gasteiger partial charge in [-0.05, 0) is 11.5 Å². The molecule has 0 radical (unpaired) electrons. The molecule has 11 heavy (non-hydrogen) atoms. The molecule has 60 valence electrons. The van der Waals surface area contributed by atoms with E-state index in [9.17, 15) is 0 Å². The largest absolute Gasteiger partial charge is 0.130 e. The molecule has 1 aromatic carbocycles. The Balaban J connectivity index is 3.02. The van der Waals surface area contributed by atoms with Crippen LogP contribution in [0.4, 0.5) is 0 Å². The van der Waals surface area contributed by atoms with Gasteiger partial charge < -0.3 is 0 Å². The maximum absolute atomic E-state index is 3.62. The summed E-state index contributed by atoms with van der Waals surface area (Å²) in [5, 5.41) is 1.54. The van der Waals surface area contributed by atoms with Crippen LogP contribution in [0.5, 0.6) is 0 Å². The number of benzene rings is 1. The average molecular weight is 229 g/mol. The lowest BCUT2D eigenvalue weighted by atomic mass is 10.0. The summed E-state index contributed by atoms with van der Waals surface area (Å²) in [7, 11) is -0.168. The first-order valence-corrected chi connectivity index (χ1v) is 8.50. The molecule has 0 aromatic heterocycles. The zero-order chi connectivity index (χ0) is 8.27. The lowest BCUT2D eigenvalue weighted by molar-refractivity contribution is 0.873. The van der Waals surface area contributed by atoms with Gasteiger partial charge in [-0.2, -0.15) is 0 Å². The van der Waals surface area contributed by atoms with Crippen LogP contribution in [-0.2, 0) is 0 Å². The summed E-state index contributed by atoms with van der Waals surface area (Å²) in [5.74, 6) is 0.663. The predicted molar refractivity (Wildman–Crippen MR) is 57.6 cm³/mol. The maximum Gasteiger partial charge on any atom is 0.130 e. The lowest BCUT2D eigenvalue weighted by Gasteiger charge is -2.09. The average Bonchev–Trinajstić information content (AvgIpc) is 2.04. The molecule has 0 spiro atoms. The summed E-state index contributed by atoms with van der Waals surface area (Å²) in [6.07, 6.45) is 0. The van der Waals surface area contributed by atoms with E-state index in [0.29, 0.717) is 5.92 Å². The van der Waals surface area contributed by atoms with Crippen molar-refractivity contribution in [2.24, 2.45) is 0 Å². The SMILES string of the molecule is CC(C)c1ccccc1[SiH2]Br. The minimum atomic E-state index is -0.168. The van der Waals surface area contributed by atoms with Crippen molar-refractivity contribution in [3.05, 3.63) is 29.8 Å². The maximum atomic E-state index is 3.62. The monoisotopic (exact) mass is 228 g/mol. The fraction of sp³-hybridized carbons (Fsp3) is 0.333. The molecule has 0 fully saturated rings. The Morgan fingerprint density at radius 3 is 2.36 bits per heavy atom. The standard InChI is InChI=1S/C9H13BrSi/c1-7(2)8-5-3-4-6-9(8)11-10/h3-7H,11H2,1-2H3. The van der Waals surface area contributed by atoms with Gasteiger partial charge >= 0.3 is 0 Å². The third-order valence-corrected chi connectivity index (χ3v) is 4.57. The zero-order valence-electron chi connectivity index (χ0n) is 6.97. The first-order valence-electron chi connectivity index (χ1n) is 3.89. The van der Waals surface area contributed by atoms with Gasteiger partial charge in [0.25, 0.3) is 0 Å². The summed E-state index contributed by atoms with van der Waals surface area (Å²) in [5.41, 5.74) is 1.51. The lowest BCUT2D eigenvalue weighted by Crippen LogP contribution is -2.15. The van der Waals surface area contributed by atoms with Gasteiger partial charge in [0.2, 0.25) is 0 Å². The number of hydrogen-bond acceptors (Lipinski definition) is 0. The van der Waals surface area contributed by atoms with Gasteiger partial charge in [0.15, 0.2) is 0 Å². The quantitative estimate of drug-likeness (QED) is 0.537. The number of hydrogen-bond donors (Lipinski definition) is 0. The van der Waals surface area contributed by atoms with Gasteiger partial charge in [0.1, 0.15) is 8.14 Å². The Kier molecular flexibility index (Phi) is 3.33. The van der Waals surface area contributed by atoms with Crippen LogP contribution in [0.3, 0.4) is 0 Å². The molecular weight excluding hydrogens is 216 g/mol. The highest BCUT2D eigenvalue weighted by Gasteiger charge is 2.03. The van der Waals surface area contributed by atoms with Crippen LogP contribution in [0, 0.1) is 0 Å². The van der Waals surface area contributed by atoms with Crippen LogP contribution >= 0.6 is 15.3 Å². The molecule has 0 amide bonds. The Bertz CT molecular complexity index is 233. The van der Waals surface area contributed by atoms with Crippen molar-refractivity contribution < 1.29 is 0 Å². The Labute approximate surface area is 78.4 Å². The molecule has 0 unspecified atom stereocenters. The van der Waals surface area contributed by atoms with Crippen molar-refractivity contribution in [2.75, 3.05) is 0 Å². The second kappa shape index (κ2) is 4.07. The van der Waals surface area contributed by atoms with Gasteiger partial charge in [-0.3, -0.25) is 0 Å². The Hall–Kier alpha value is -0.0831. The number of halogens is 1. The molecule has 0 aliphatic carbocycles. The van der Waals surface area contributed by atoms with Crippen LogP contribution in [0.15, 0.2) is 24.3 Å². The summed E-state index contributed by atoms with van der Waals surface area (Å²) in [6, 6.07) is 8.70. The Morgan fingerprint density at radius 1 is 1.27 bits per heavy atom. The molecule has 0 aliphatic heterocycles. The molecule has 1 rings (SSSR count). The fourth-order valence-corrected chi connectivity index (χ4v) is 3.66. The molecule has 0 N–H and O–H groups in total. The minimum absolute atomic E-state index is 0.168. The van der Waals surface area contributed by atoms with E-state index in [0.717, 1.165) is 0 Å². The molecule has 0 atom stereocenters. The first kappa shape index (κ1) is 9.01. The van der Waals surface area contributed by atoms with Crippen molar-refractivity contribution in [3.8, 4) is 0 Å². The van der Waals surface area contributed by atoms with Crippen molar-refractivity contribution in [2.45, 2.75) is 19.8 Å². The molecule has 2 heteroatoms. The molecule has 0 nitrogen and oxygen atoms in total. The van der Waals surface area contributed by atoms with Crippen LogP contribution in [0.1, 0.15) is 25.3 Å². The second-order valence-corrected chi connectivity index (χ2v) is 5.70. The van der Waals surface area contributed by atoms with E-state index in [1.807, 2.05) is 0 Å². The second-order valence-electron chi connectivity index (χ2n) is 2.99. The summed E-state index contributed by atoms with van der Waals surface area (Å²) >= 11 is 3.62. The molecule has 1 aromatic rings. The van der Waals surface area contributed by atoms with Crippen LogP contribution in [0.25, 0.3) is 0 Å². The van der Waals surface area contributed by atoms with E-state index in [2.05, 4.69) is 53.4 Å². The van der Waals surface area contributed by atoms with Gasteiger partial charge in [0.05, 0.1) is 0 Å². The number of rotatable bonds is 2. The smallest absolute Gasteiger partial charge is 0.129 e. The Morgan fingerprint density at radius 2 is 1.91 bits per heavy atom. The van der Waals surface area contributed by atoms with E-state index in [1.54, 1.807) is 5.19 Å². The highest BCUT2D eigenvalue weighted by molar-refractivity contribution is 9.23. The van der Waals surface area contributed by atoms with Crippen molar-refractivity contribution in [1.29, 1.82) is 0 Å². The van der Waals surface area contributed by atoms with Crippen LogP contribution in [-0.4, -0.2) is 8.14 Å². The summed E-state index contributed by atoms with van der Waals surface area (Å²) in [4.78, 5) is 0. The topological polar surface area (TPSA) is 0 Å². The van der Waals surface area contributed by atoms with Gasteiger partial charge in [0, 0.05) is 0 Å². The van der Waals surface area contributed by atoms with Gasteiger partial charge in [-0.15, -0.1) is 15.3 Å². The zero-order valence-corrected chi connectivity index (χ0v) is 9.97. The van der Waals surface area contributed by atoms with E-state index < -0.39 is 0 Å². The summed E-state index contributed by atoms with van der Waals surface area (Å²) in [6.45, 7) is 4.49. The van der Waals surface area contributed by atoms with Crippen LogP contribution in [0.2, 0.25) is 0 Å². The first-order chi connectivity index (χ1) is 5.25. The van der Waals surface area contributed by atoms with Gasteiger partial charge in [-0.25, -0.2) is 0 Å². The molecule has 0 saturated carbocycles. The van der Waals surface area contributed by atoms with Crippen molar-refractivity contribution in [3.63, 3.8) is 0 Å². The van der Waals surface area contributed by atoms with E-state index in [4.69, 9.17) is 0 Å². The van der Waals surface area contributed by atoms with E-state index >= 15 is 0 Å². The van der Waals surface area contributed by atoms with Crippen molar-refractivity contribution in [1.82, 2.24) is 0 Å². The molecule has 0 saturated heterocycles. The van der Waals surface area contributed by atoms with Crippen LogP contribution < -0.4 is 5.19 Å². The molecule has 0 heterocycles. The third-order valence-electron chi connectivity index (χ3n) is 1.82. The van der Waals surface area contributed by atoms with E-state index in [-0.39, 0.29) is 8.14 Å². The fourth-order valence-electron chi connectivity index (χ4n) is 1.22. The highest BCUT2D eigenvalue weighted by atomic mass is 79.9. The normalized spacial score (nSPS) is 11.6. The molecular formula is C9H13BrSi. The predicted octanol–water partition coefficient (Wildman–Crippen LogP) is 1.91. The minimum Gasteiger partial charge on any atom is -0.129 e. The molecule has 0 aliphatic rings. The molecule has 0 bridgehead atoms. The van der Waals surface area contributed by atoms with E-state index in [1.165, 1.54) is 5.56 Å². The van der Waals surface area contributed by atoms with Crippen molar-refractivity contribution >= 4 is 28.6 Å². The summed E-state index contributed by atoms with van der Waals surface area (Å²) < 4.78 is 0.